The molecule has 0 saturated carbocycles. The normalized spacial score (nSPS) is 18.8. The Kier molecular flexibility index (Phi) is 5.95. The van der Waals surface area contributed by atoms with Gasteiger partial charge >= 0.3 is 0 Å². The van der Waals surface area contributed by atoms with Crippen molar-refractivity contribution in [1.82, 2.24) is 9.97 Å². The Morgan fingerprint density at radius 3 is 2.71 bits per heavy atom. The predicted octanol–water partition coefficient (Wildman–Crippen LogP) is 3.30. The van der Waals surface area contributed by atoms with E-state index in [1.807, 2.05) is 26.1 Å². The Labute approximate surface area is 105 Å². The lowest BCUT2D eigenvalue weighted by Crippen LogP contribution is -2.22. The summed E-state index contributed by atoms with van der Waals surface area (Å²) in [5.74, 6) is 1.75. The molecule has 2 heterocycles. The second-order valence-corrected chi connectivity index (χ2v) is 4.21. The van der Waals surface area contributed by atoms with Crippen molar-refractivity contribution >= 4 is 5.95 Å². The fourth-order valence-corrected chi connectivity index (χ4v) is 2.08. The molecule has 3 heteroatoms. The van der Waals surface area contributed by atoms with Crippen LogP contribution in [-0.4, -0.2) is 23.1 Å². The maximum absolute atomic E-state index is 4.56. The number of anilines is 1. The van der Waals surface area contributed by atoms with Crippen LogP contribution in [0.2, 0.25) is 0 Å². The van der Waals surface area contributed by atoms with E-state index >= 15 is 0 Å². The number of hydrogen-bond donors (Lipinski definition) is 0. The quantitative estimate of drug-likeness (QED) is 0.805. The fraction of sp³-hybridized carbons (Fsp3) is 0.714. The van der Waals surface area contributed by atoms with Crippen molar-refractivity contribution in [3.05, 3.63) is 18.0 Å². The predicted molar refractivity (Wildman–Crippen MR) is 73.4 cm³/mol. The van der Waals surface area contributed by atoms with Crippen molar-refractivity contribution in [2.24, 2.45) is 5.92 Å². The lowest BCUT2D eigenvalue weighted by molar-refractivity contribution is 0.568. The minimum atomic E-state index is 0.832. The lowest BCUT2D eigenvalue weighted by atomic mass is 10.1. The maximum Gasteiger partial charge on any atom is 0.225 e. The molecule has 0 spiro atoms. The molecule has 0 amide bonds. The minimum Gasteiger partial charge on any atom is -0.341 e. The van der Waals surface area contributed by atoms with E-state index in [9.17, 15) is 0 Å². The Balaban J connectivity index is 0.000000686. The van der Waals surface area contributed by atoms with Gasteiger partial charge in [-0.15, -0.1) is 0 Å². The van der Waals surface area contributed by atoms with E-state index in [1.165, 1.54) is 12.8 Å². The molecular weight excluding hydrogens is 210 g/mol. The highest BCUT2D eigenvalue weighted by Gasteiger charge is 2.22. The van der Waals surface area contributed by atoms with Gasteiger partial charge in [-0.3, -0.25) is 0 Å². The van der Waals surface area contributed by atoms with Crippen molar-refractivity contribution in [2.75, 3.05) is 18.0 Å². The molecule has 0 radical (unpaired) electrons. The smallest absolute Gasteiger partial charge is 0.225 e. The number of rotatable bonds is 3. The molecule has 1 aromatic heterocycles. The first-order valence-electron chi connectivity index (χ1n) is 6.90. The van der Waals surface area contributed by atoms with Gasteiger partial charge in [0.25, 0.3) is 0 Å². The molecule has 96 valence electrons. The van der Waals surface area contributed by atoms with E-state index in [2.05, 4.69) is 28.7 Å². The molecule has 1 aliphatic heterocycles. The highest BCUT2D eigenvalue weighted by atomic mass is 15.3. The zero-order valence-corrected chi connectivity index (χ0v) is 11.6. The standard InChI is InChI=1S/C12H19N3.C2H6/c1-3-10-6-8-15(9-10)12-13-7-5-11(4-2)14-12;1-2/h5,7,10H,3-4,6,8-9H2,1-2H3;1-2H3. The summed E-state index contributed by atoms with van der Waals surface area (Å²) in [5, 5.41) is 0. The van der Waals surface area contributed by atoms with Crippen molar-refractivity contribution < 1.29 is 0 Å². The molecule has 3 nitrogen and oxygen atoms in total. The lowest BCUT2D eigenvalue weighted by Gasteiger charge is -2.16. The monoisotopic (exact) mass is 235 g/mol. The van der Waals surface area contributed by atoms with Gasteiger partial charge in [0.05, 0.1) is 0 Å². The third kappa shape index (κ3) is 3.69. The van der Waals surface area contributed by atoms with E-state index in [1.54, 1.807) is 0 Å². The summed E-state index contributed by atoms with van der Waals surface area (Å²) in [4.78, 5) is 11.2. The van der Waals surface area contributed by atoms with Crippen LogP contribution in [0.3, 0.4) is 0 Å². The third-order valence-electron chi connectivity index (χ3n) is 3.21. The van der Waals surface area contributed by atoms with Gasteiger partial charge in [0.2, 0.25) is 5.95 Å². The highest BCUT2D eigenvalue weighted by molar-refractivity contribution is 5.31. The number of aryl methyl sites for hydroxylation is 1. The molecule has 0 bridgehead atoms. The van der Waals surface area contributed by atoms with Crippen molar-refractivity contribution in [2.45, 2.75) is 47.0 Å². The van der Waals surface area contributed by atoms with Gasteiger partial charge in [0, 0.05) is 25.0 Å². The molecule has 2 rings (SSSR count). The molecule has 0 aromatic carbocycles. The van der Waals surface area contributed by atoms with Crippen LogP contribution in [0.25, 0.3) is 0 Å². The van der Waals surface area contributed by atoms with E-state index in [0.29, 0.717) is 0 Å². The summed E-state index contributed by atoms with van der Waals surface area (Å²) in [7, 11) is 0. The summed E-state index contributed by atoms with van der Waals surface area (Å²) in [6, 6.07) is 2.00. The van der Waals surface area contributed by atoms with E-state index < -0.39 is 0 Å². The zero-order valence-electron chi connectivity index (χ0n) is 11.6. The molecule has 1 saturated heterocycles. The van der Waals surface area contributed by atoms with Gasteiger partial charge in [-0.05, 0) is 24.8 Å². The van der Waals surface area contributed by atoms with Crippen LogP contribution in [0.15, 0.2) is 12.3 Å². The van der Waals surface area contributed by atoms with Gasteiger partial charge in [-0.2, -0.15) is 0 Å². The zero-order chi connectivity index (χ0) is 12.7. The van der Waals surface area contributed by atoms with Crippen LogP contribution in [0.4, 0.5) is 5.95 Å². The average molecular weight is 235 g/mol. The molecule has 0 aliphatic carbocycles. The summed E-state index contributed by atoms with van der Waals surface area (Å²) in [5.41, 5.74) is 1.14. The molecule has 1 fully saturated rings. The first-order valence-corrected chi connectivity index (χ1v) is 6.90. The van der Waals surface area contributed by atoms with Crippen molar-refractivity contribution in [3.63, 3.8) is 0 Å². The summed E-state index contributed by atoms with van der Waals surface area (Å²) in [6.45, 7) is 10.6. The third-order valence-corrected chi connectivity index (χ3v) is 3.21. The second kappa shape index (κ2) is 7.25. The van der Waals surface area contributed by atoms with Crippen LogP contribution in [0.1, 0.15) is 46.2 Å². The summed E-state index contributed by atoms with van der Waals surface area (Å²) in [6.07, 6.45) is 5.42. The van der Waals surface area contributed by atoms with Crippen LogP contribution >= 0.6 is 0 Å². The second-order valence-electron chi connectivity index (χ2n) is 4.21. The summed E-state index contributed by atoms with van der Waals surface area (Å²) < 4.78 is 0. The largest absolute Gasteiger partial charge is 0.341 e. The van der Waals surface area contributed by atoms with Gasteiger partial charge in [0.1, 0.15) is 0 Å². The Morgan fingerprint density at radius 2 is 2.12 bits per heavy atom. The van der Waals surface area contributed by atoms with Gasteiger partial charge in [0.15, 0.2) is 0 Å². The van der Waals surface area contributed by atoms with E-state index in [0.717, 1.165) is 37.1 Å². The Hall–Kier alpha value is -1.12. The topological polar surface area (TPSA) is 29.0 Å². The van der Waals surface area contributed by atoms with Crippen molar-refractivity contribution in [3.8, 4) is 0 Å². The van der Waals surface area contributed by atoms with Crippen LogP contribution in [0, 0.1) is 5.92 Å². The molecule has 1 aliphatic rings. The van der Waals surface area contributed by atoms with Crippen LogP contribution < -0.4 is 4.90 Å². The number of hydrogen-bond acceptors (Lipinski definition) is 3. The molecule has 1 aromatic rings. The van der Waals surface area contributed by atoms with E-state index in [-0.39, 0.29) is 0 Å². The molecular formula is C14H25N3. The maximum atomic E-state index is 4.56. The molecule has 1 unspecified atom stereocenters. The van der Waals surface area contributed by atoms with E-state index in [4.69, 9.17) is 0 Å². The first kappa shape index (κ1) is 13.9. The van der Waals surface area contributed by atoms with Crippen molar-refractivity contribution in [1.29, 1.82) is 0 Å². The summed E-state index contributed by atoms with van der Waals surface area (Å²) >= 11 is 0. The first-order chi connectivity index (χ1) is 8.33. The SMILES string of the molecule is CC.CCc1ccnc(N2CCC(CC)C2)n1. The highest BCUT2D eigenvalue weighted by Crippen LogP contribution is 2.22. The molecule has 0 N–H and O–H groups in total. The fourth-order valence-electron chi connectivity index (χ4n) is 2.08. The number of nitrogens with zero attached hydrogens (tertiary/aromatic N) is 3. The van der Waals surface area contributed by atoms with Crippen LogP contribution in [0.5, 0.6) is 0 Å². The number of aromatic nitrogens is 2. The Bertz CT molecular complexity index is 325. The Morgan fingerprint density at radius 1 is 1.35 bits per heavy atom. The molecule has 17 heavy (non-hydrogen) atoms. The average Bonchev–Trinajstić information content (AvgIpc) is 2.90. The molecule has 1 atom stereocenters. The van der Waals surface area contributed by atoms with Gasteiger partial charge in [-0.25, -0.2) is 9.97 Å². The van der Waals surface area contributed by atoms with Crippen LogP contribution in [-0.2, 0) is 6.42 Å². The van der Waals surface area contributed by atoms with Gasteiger partial charge in [-0.1, -0.05) is 34.1 Å². The van der Waals surface area contributed by atoms with Gasteiger partial charge < -0.3 is 4.90 Å². The minimum absolute atomic E-state index is 0.832.